The number of hydrogen-bond acceptors (Lipinski definition) is 2. The van der Waals surface area contributed by atoms with Gasteiger partial charge in [-0.3, -0.25) is 4.79 Å². The van der Waals surface area contributed by atoms with Gasteiger partial charge in [0, 0.05) is 5.39 Å². The second-order valence-corrected chi connectivity index (χ2v) is 3.47. The maximum atomic E-state index is 10.8. The van der Waals surface area contributed by atoms with Crippen LogP contribution >= 0.6 is 0 Å². The molecule has 0 aliphatic carbocycles. The monoisotopic (exact) mass is 200 g/mol. The van der Waals surface area contributed by atoms with Crippen LogP contribution in [0.4, 0.5) is 0 Å². The molecular weight excluding hydrogens is 188 g/mol. The van der Waals surface area contributed by atoms with Crippen LogP contribution in [0.15, 0.2) is 42.5 Å². The fraction of sp³-hybridized carbons (Fsp3) is 0.154. The summed E-state index contributed by atoms with van der Waals surface area (Å²) in [5.74, 6) is 0.797. The van der Waals surface area contributed by atoms with Crippen LogP contribution in [0, 0.1) is 0 Å². The molecule has 2 aromatic rings. The number of ketones is 1. The van der Waals surface area contributed by atoms with Gasteiger partial charge in [-0.25, -0.2) is 0 Å². The number of fused-ring (bicyclic) bond motifs is 1. The van der Waals surface area contributed by atoms with Gasteiger partial charge >= 0.3 is 0 Å². The van der Waals surface area contributed by atoms with E-state index in [9.17, 15) is 4.79 Å². The first-order chi connectivity index (χ1) is 7.27. The van der Waals surface area contributed by atoms with Gasteiger partial charge in [0.05, 0.1) is 0 Å². The van der Waals surface area contributed by atoms with E-state index in [4.69, 9.17) is 4.74 Å². The molecule has 0 saturated carbocycles. The molecule has 0 amide bonds. The number of benzene rings is 2. The lowest BCUT2D eigenvalue weighted by molar-refractivity contribution is -0.118. The molecule has 0 aliphatic rings. The van der Waals surface area contributed by atoms with Crippen molar-refractivity contribution in [3.8, 4) is 5.75 Å². The highest BCUT2D eigenvalue weighted by Crippen LogP contribution is 2.24. The van der Waals surface area contributed by atoms with E-state index < -0.39 is 0 Å². The van der Waals surface area contributed by atoms with E-state index >= 15 is 0 Å². The summed E-state index contributed by atoms with van der Waals surface area (Å²) in [6.45, 7) is 1.65. The summed E-state index contributed by atoms with van der Waals surface area (Å²) < 4.78 is 5.43. The van der Waals surface area contributed by atoms with Crippen molar-refractivity contribution in [3.63, 3.8) is 0 Å². The molecule has 2 nitrogen and oxygen atoms in total. The Balaban J connectivity index is 2.38. The van der Waals surface area contributed by atoms with Crippen LogP contribution in [0.25, 0.3) is 10.8 Å². The van der Waals surface area contributed by atoms with E-state index in [1.54, 1.807) is 0 Å². The van der Waals surface area contributed by atoms with E-state index in [-0.39, 0.29) is 12.4 Å². The summed E-state index contributed by atoms with van der Waals surface area (Å²) in [5.41, 5.74) is 0. The third-order valence-corrected chi connectivity index (χ3v) is 2.18. The van der Waals surface area contributed by atoms with E-state index in [2.05, 4.69) is 0 Å². The summed E-state index contributed by atoms with van der Waals surface area (Å²) in [6, 6.07) is 13.8. The molecule has 15 heavy (non-hydrogen) atoms. The van der Waals surface area contributed by atoms with Crippen LogP contribution in [0.2, 0.25) is 0 Å². The molecule has 0 heterocycles. The normalized spacial score (nSPS) is 10.2. The maximum Gasteiger partial charge on any atom is 0.167 e. The third-order valence-electron chi connectivity index (χ3n) is 2.18. The van der Waals surface area contributed by atoms with Crippen LogP contribution in [-0.4, -0.2) is 12.4 Å². The molecule has 0 saturated heterocycles. The number of Topliss-reactive ketones (excluding diaryl/α,β-unsaturated/α-hetero) is 1. The first kappa shape index (κ1) is 9.71. The SMILES string of the molecule is CC(=O)COc1cccc2ccccc12. The highest BCUT2D eigenvalue weighted by Gasteiger charge is 2.01. The maximum absolute atomic E-state index is 10.8. The summed E-state index contributed by atoms with van der Waals surface area (Å²) in [6.07, 6.45) is 0. The largest absolute Gasteiger partial charge is 0.485 e. The molecule has 0 bridgehead atoms. The minimum Gasteiger partial charge on any atom is -0.485 e. The predicted octanol–water partition coefficient (Wildman–Crippen LogP) is 2.81. The van der Waals surface area contributed by atoms with Crippen LogP contribution in [0.5, 0.6) is 5.75 Å². The molecule has 0 unspecified atom stereocenters. The Hall–Kier alpha value is -1.83. The van der Waals surface area contributed by atoms with Gasteiger partial charge in [-0.1, -0.05) is 36.4 Å². The third kappa shape index (κ3) is 2.15. The van der Waals surface area contributed by atoms with Gasteiger partial charge in [0.1, 0.15) is 12.4 Å². The van der Waals surface area contributed by atoms with Gasteiger partial charge in [0.2, 0.25) is 0 Å². The van der Waals surface area contributed by atoms with E-state index in [1.807, 2.05) is 42.5 Å². The van der Waals surface area contributed by atoms with Crippen LogP contribution in [0.3, 0.4) is 0 Å². The summed E-state index contributed by atoms with van der Waals surface area (Å²) in [5, 5.41) is 2.17. The summed E-state index contributed by atoms with van der Waals surface area (Å²) >= 11 is 0. The first-order valence-corrected chi connectivity index (χ1v) is 4.87. The van der Waals surface area contributed by atoms with Gasteiger partial charge in [0.15, 0.2) is 5.78 Å². The lowest BCUT2D eigenvalue weighted by Crippen LogP contribution is -2.06. The van der Waals surface area contributed by atoms with Gasteiger partial charge in [-0.15, -0.1) is 0 Å². The topological polar surface area (TPSA) is 26.3 Å². The highest BCUT2D eigenvalue weighted by atomic mass is 16.5. The van der Waals surface area contributed by atoms with E-state index in [0.29, 0.717) is 0 Å². The number of ether oxygens (including phenoxy) is 1. The Morgan fingerprint density at radius 2 is 1.87 bits per heavy atom. The summed E-state index contributed by atoms with van der Waals surface area (Å²) in [4.78, 5) is 10.8. The van der Waals surface area contributed by atoms with E-state index in [0.717, 1.165) is 16.5 Å². The first-order valence-electron chi connectivity index (χ1n) is 4.87. The molecule has 2 rings (SSSR count). The van der Waals surface area contributed by atoms with Crippen molar-refractivity contribution >= 4 is 16.6 Å². The van der Waals surface area contributed by atoms with Crippen molar-refractivity contribution in [2.75, 3.05) is 6.61 Å². The zero-order valence-electron chi connectivity index (χ0n) is 8.57. The summed E-state index contributed by atoms with van der Waals surface area (Å²) in [7, 11) is 0. The smallest absolute Gasteiger partial charge is 0.167 e. The van der Waals surface area contributed by atoms with Gasteiger partial charge in [-0.05, 0) is 18.4 Å². The molecule has 76 valence electrons. The van der Waals surface area contributed by atoms with Crippen molar-refractivity contribution in [2.24, 2.45) is 0 Å². The molecule has 2 aromatic carbocycles. The number of carbonyl (C=O) groups is 1. The van der Waals surface area contributed by atoms with E-state index in [1.165, 1.54) is 6.92 Å². The molecule has 0 N–H and O–H groups in total. The van der Waals surface area contributed by atoms with Gasteiger partial charge in [0.25, 0.3) is 0 Å². The Bertz CT molecular complexity index is 483. The molecule has 2 heteroatoms. The number of carbonyl (C=O) groups excluding carboxylic acids is 1. The second-order valence-electron chi connectivity index (χ2n) is 3.47. The van der Waals surface area contributed by atoms with Crippen molar-refractivity contribution in [1.82, 2.24) is 0 Å². The fourth-order valence-electron chi connectivity index (χ4n) is 1.50. The van der Waals surface area contributed by atoms with Crippen LogP contribution < -0.4 is 4.74 Å². The molecule has 0 fully saturated rings. The fourth-order valence-corrected chi connectivity index (χ4v) is 1.50. The molecule has 0 aromatic heterocycles. The predicted molar refractivity (Wildman–Crippen MR) is 60.1 cm³/mol. The van der Waals surface area contributed by atoms with Gasteiger partial charge in [-0.2, -0.15) is 0 Å². The zero-order valence-corrected chi connectivity index (χ0v) is 8.57. The van der Waals surface area contributed by atoms with Crippen molar-refractivity contribution in [3.05, 3.63) is 42.5 Å². The Morgan fingerprint density at radius 3 is 2.67 bits per heavy atom. The average Bonchev–Trinajstić information content (AvgIpc) is 2.26. The molecule has 0 radical (unpaired) electrons. The Kier molecular flexibility index (Phi) is 2.68. The number of hydrogen-bond donors (Lipinski definition) is 0. The lowest BCUT2D eigenvalue weighted by atomic mass is 10.1. The van der Waals surface area contributed by atoms with Crippen LogP contribution in [0.1, 0.15) is 6.92 Å². The molecular formula is C13H12O2. The Morgan fingerprint density at radius 1 is 1.13 bits per heavy atom. The number of rotatable bonds is 3. The zero-order chi connectivity index (χ0) is 10.7. The van der Waals surface area contributed by atoms with Crippen LogP contribution in [-0.2, 0) is 4.79 Å². The average molecular weight is 200 g/mol. The second kappa shape index (κ2) is 4.13. The lowest BCUT2D eigenvalue weighted by Gasteiger charge is -2.07. The van der Waals surface area contributed by atoms with Crippen molar-refractivity contribution < 1.29 is 9.53 Å². The molecule has 0 aliphatic heterocycles. The van der Waals surface area contributed by atoms with Crippen molar-refractivity contribution in [2.45, 2.75) is 6.92 Å². The highest BCUT2D eigenvalue weighted by molar-refractivity contribution is 5.88. The quantitative estimate of drug-likeness (QED) is 0.761. The minimum absolute atomic E-state index is 0.0305. The Labute approximate surface area is 88.5 Å². The molecule has 0 atom stereocenters. The minimum atomic E-state index is 0.0305. The van der Waals surface area contributed by atoms with Crippen molar-refractivity contribution in [1.29, 1.82) is 0 Å². The standard InChI is InChI=1S/C13H12O2/c1-10(14)9-15-13-8-4-6-11-5-2-3-7-12(11)13/h2-8H,9H2,1H3. The molecule has 0 spiro atoms. The van der Waals surface area contributed by atoms with Gasteiger partial charge < -0.3 is 4.74 Å².